The second-order valence-electron chi connectivity index (χ2n) is 6.46. The highest BCUT2D eigenvalue weighted by atomic mass is 127. The van der Waals surface area contributed by atoms with Crippen LogP contribution < -0.4 is 5.32 Å². The van der Waals surface area contributed by atoms with Gasteiger partial charge in [-0.3, -0.25) is 0 Å². The van der Waals surface area contributed by atoms with Gasteiger partial charge in [-0.05, 0) is 64.4 Å². The van der Waals surface area contributed by atoms with Gasteiger partial charge in [0.2, 0.25) is 0 Å². The van der Waals surface area contributed by atoms with Gasteiger partial charge < -0.3 is 10.3 Å². The van der Waals surface area contributed by atoms with E-state index in [-0.39, 0.29) is 6.04 Å². The molecule has 0 amide bonds. The number of aromatic nitrogens is 2. The van der Waals surface area contributed by atoms with E-state index in [0.717, 1.165) is 11.3 Å². The number of pyridine rings is 1. The molecule has 2 aromatic carbocycles. The summed E-state index contributed by atoms with van der Waals surface area (Å²) in [5.41, 5.74) is 8.37. The molecule has 3 heterocycles. The number of H-pyrrole nitrogens is 1. The summed E-state index contributed by atoms with van der Waals surface area (Å²) in [4.78, 5) is 7.89. The molecule has 0 aliphatic carbocycles. The molecule has 0 spiro atoms. The SMILES string of the molecule is Cc1ccc(C2Nc3ccccc3-c3ccnc4[nH]cc2c34)cc1I. The Labute approximate surface area is 159 Å². The number of benzene rings is 2. The quantitative estimate of drug-likeness (QED) is 0.378. The third-order valence-corrected chi connectivity index (χ3v) is 6.12. The van der Waals surface area contributed by atoms with Crippen molar-refractivity contribution in [3.8, 4) is 11.1 Å². The predicted octanol–water partition coefficient (Wildman–Crippen LogP) is 5.66. The van der Waals surface area contributed by atoms with Crippen molar-refractivity contribution in [2.24, 2.45) is 0 Å². The van der Waals surface area contributed by atoms with Crippen molar-refractivity contribution < 1.29 is 0 Å². The zero-order valence-corrected chi connectivity index (χ0v) is 15.8. The van der Waals surface area contributed by atoms with Gasteiger partial charge in [0, 0.05) is 38.2 Å². The summed E-state index contributed by atoms with van der Waals surface area (Å²) in [6, 6.07) is 17.4. The van der Waals surface area contributed by atoms with E-state index in [1.54, 1.807) is 0 Å². The number of nitrogens with one attached hydrogen (secondary N) is 2. The zero-order valence-electron chi connectivity index (χ0n) is 13.7. The second-order valence-corrected chi connectivity index (χ2v) is 7.62. The summed E-state index contributed by atoms with van der Waals surface area (Å²) in [6.45, 7) is 2.15. The van der Waals surface area contributed by atoms with E-state index in [9.17, 15) is 0 Å². The maximum absolute atomic E-state index is 4.53. The molecule has 4 aromatic rings. The van der Waals surface area contributed by atoms with Crippen LogP contribution in [0, 0.1) is 10.5 Å². The van der Waals surface area contributed by atoms with Crippen LogP contribution >= 0.6 is 22.6 Å². The number of halogens is 1. The summed E-state index contributed by atoms with van der Waals surface area (Å²) in [6.07, 6.45) is 3.97. The number of aryl methyl sites for hydroxylation is 1. The highest BCUT2D eigenvalue weighted by molar-refractivity contribution is 14.1. The minimum Gasteiger partial charge on any atom is -0.374 e. The van der Waals surface area contributed by atoms with Crippen LogP contribution in [-0.2, 0) is 0 Å². The Balaban J connectivity index is 1.83. The molecule has 1 unspecified atom stereocenters. The first-order chi connectivity index (χ1) is 12.2. The van der Waals surface area contributed by atoms with Gasteiger partial charge in [-0.15, -0.1) is 0 Å². The lowest BCUT2D eigenvalue weighted by atomic mass is 9.96. The lowest BCUT2D eigenvalue weighted by Gasteiger charge is -2.20. The van der Waals surface area contributed by atoms with Gasteiger partial charge in [-0.2, -0.15) is 0 Å². The fourth-order valence-corrected chi connectivity index (χ4v) is 4.20. The van der Waals surface area contributed by atoms with Gasteiger partial charge in [0.1, 0.15) is 5.65 Å². The van der Waals surface area contributed by atoms with E-state index < -0.39 is 0 Å². The number of aromatic amines is 1. The number of rotatable bonds is 1. The molecule has 5 rings (SSSR count). The number of para-hydroxylation sites is 1. The van der Waals surface area contributed by atoms with Crippen molar-refractivity contribution in [2.45, 2.75) is 13.0 Å². The Kier molecular flexibility index (Phi) is 3.35. The molecule has 0 radical (unpaired) electrons. The van der Waals surface area contributed by atoms with Crippen molar-refractivity contribution >= 4 is 39.3 Å². The van der Waals surface area contributed by atoms with Crippen LogP contribution in [0.4, 0.5) is 5.69 Å². The average Bonchev–Trinajstić information content (AvgIpc) is 3.00. The highest BCUT2D eigenvalue weighted by Gasteiger charge is 2.25. The number of fused-ring (bicyclic) bond motifs is 2. The van der Waals surface area contributed by atoms with E-state index >= 15 is 0 Å². The maximum atomic E-state index is 4.53. The molecular weight excluding hydrogens is 421 g/mol. The van der Waals surface area contributed by atoms with Gasteiger partial charge in [0.05, 0.1) is 6.04 Å². The summed E-state index contributed by atoms with van der Waals surface area (Å²) in [5, 5.41) is 4.97. The van der Waals surface area contributed by atoms with Crippen LogP contribution in [0.25, 0.3) is 22.2 Å². The van der Waals surface area contributed by atoms with Gasteiger partial charge in [0.15, 0.2) is 0 Å². The minimum absolute atomic E-state index is 0.0921. The summed E-state index contributed by atoms with van der Waals surface area (Å²) in [7, 11) is 0. The Bertz CT molecular complexity index is 1110. The van der Waals surface area contributed by atoms with Gasteiger partial charge in [0.25, 0.3) is 0 Å². The third kappa shape index (κ3) is 2.28. The fraction of sp³-hybridized carbons (Fsp3) is 0.0952. The standard InChI is InChI=1S/C21H16IN3/c1-12-6-7-13(10-17(12)22)20-16-11-24-21-19(16)15(8-9-23-21)14-4-2-3-5-18(14)25-20/h2-11,20,25H,1H3,(H,23,24). The lowest BCUT2D eigenvalue weighted by Crippen LogP contribution is -2.11. The Hall–Kier alpha value is -2.34. The van der Waals surface area contributed by atoms with Gasteiger partial charge in [-0.25, -0.2) is 4.98 Å². The van der Waals surface area contributed by atoms with E-state index in [4.69, 9.17) is 0 Å². The summed E-state index contributed by atoms with van der Waals surface area (Å²) in [5.74, 6) is 0. The van der Waals surface area contributed by atoms with Gasteiger partial charge in [-0.1, -0.05) is 30.3 Å². The maximum Gasteiger partial charge on any atom is 0.138 e. The Morgan fingerprint density at radius 1 is 1.04 bits per heavy atom. The Morgan fingerprint density at radius 3 is 2.80 bits per heavy atom. The highest BCUT2D eigenvalue weighted by Crippen LogP contribution is 2.43. The third-order valence-electron chi connectivity index (χ3n) is 4.96. The molecule has 1 aliphatic rings. The van der Waals surface area contributed by atoms with E-state index in [2.05, 4.69) is 99.5 Å². The van der Waals surface area contributed by atoms with E-state index in [1.807, 2.05) is 6.20 Å². The smallest absolute Gasteiger partial charge is 0.138 e. The van der Waals surface area contributed by atoms with Crippen LogP contribution in [-0.4, -0.2) is 9.97 Å². The number of hydrogen-bond donors (Lipinski definition) is 2. The summed E-state index contributed by atoms with van der Waals surface area (Å²) >= 11 is 2.41. The molecule has 2 N–H and O–H groups in total. The predicted molar refractivity (Wildman–Crippen MR) is 111 cm³/mol. The van der Waals surface area contributed by atoms with Crippen LogP contribution in [0.15, 0.2) is 60.9 Å². The van der Waals surface area contributed by atoms with Crippen molar-refractivity contribution in [3.05, 3.63) is 81.2 Å². The largest absolute Gasteiger partial charge is 0.374 e. The molecule has 0 saturated heterocycles. The number of anilines is 1. The topological polar surface area (TPSA) is 40.7 Å². The van der Waals surface area contributed by atoms with Crippen LogP contribution in [0.2, 0.25) is 0 Å². The van der Waals surface area contributed by atoms with E-state index in [0.29, 0.717) is 0 Å². The summed E-state index contributed by atoms with van der Waals surface area (Å²) < 4.78 is 1.28. The molecule has 1 atom stereocenters. The van der Waals surface area contributed by atoms with Crippen LogP contribution in [0.1, 0.15) is 22.7 Å². The molecule has 0 bridgehead atoms. The van der Waals surface area contributed by atoms with Crippen LogP contribution in [0.5, 0.6) is 0 Å². The first kappa shape index (κ1) is 15.0. The van der Waals surface area contributed by atoms with Crippen LogP contribution in [0.3, 0.4) is 0 Å². The number of nitrogens with zero attached hydrogens (tertiary/aromatic N) is 1. The molecule has 2 aromatic heterocycles. The van der Waals surface area contributed by atoms with Crippen molar-refractivity contribution in [3.63, 3.8) is 0 Å². The molecule has 3 nitrogen and oxygen atoms in total. The minimum atomic E-state index is 0.0921. The monoisotopic (exact) mass is 437 g/mol. The fourth-order valence-electron chi connectivity index (χ4n) is 3.66. The van der Waals surface area contributed by atoms with Crippen molar-refractivity contribution in [1.29, 1.82) is 0 Å². The molecular formula is C21H16IN3. The molecule has 25 heavy (non-hydrogen) atoms. The average molecular weight is 437 g/mol. The first-order valence-corrected chi connectivity index (χ1v) is 9.38. The molecule has 0 fully saturated rings. The molecule has 122 valence electrons. The molecule has 4 heteroatoms. The number of hydrogen-bond acceptors (Lipinski definition) is 2. The Morgan fingerprint density at radius 2 is 1.92 bits per heavy atom. The van der Waals surface area contributed by atoms with E-state index in [1.165, 1.54) is 36.8 Å². The van der Waals surface area contributed by atoms with Gasteiger partial charge >= 0.3 is 0 Å². The normalized spacial score (nSPS) is 15.5. The second kappa shape index (κ2) is 5.59. The van der Waals surface area contributed by atoms with Crippen molar-refractivity contribution in [2.75, 3.05) is 5.32 Å². The zero-order chi connectivity index (χ0) is 17.0. The lowest BCUT2D eigenvalue weighted by molar-refractivity contribution is 0.950. The molecule has 1 aliphatic heterocycles. The first-order valence-electron chi connectivity index (χ1n) is 8.30. The molecule has 0 saturated carbocycles. The van der Waals surface area contributed by atoms with Crippen molar-refractivity contribution in [1.82, 2.24) is 9.97 Å².